The molecular formula is C22H28F4N4O2. The topological polar surface area (TPSA) is 76.0 Å². The fraction of sp³-hybridized carbons (Fsp3) is 0.591. The van der Waals surface area contributed by atoms with E-state index in [1.165, 1.54) is 22.9 Å². The lowest BCUT2D eigenvalue weighted by atomic mass is 9.86. The van der Waals surface area contributed by atoms with Gasteiger partial charge in [-0.15, -0.1) is 0 Å². The van der Waals surface area contributed by atoms with Gasteiger partial charge < -0.3 is 10.6 Å². The molecule has 0 bridgehead atoms. The third-order valence-corrected chi connectivity index (χ3v) is 5.34. The average molecular weight is 456 g/mol. The van der Waals surface area contributed by atoms with Crippen molar-refractivity contribution in [2.45, 2.75) is 77.7 Å². The SMILES string of the molecule is CC(C)(C)C(NC(=O)c1nn(CCCCC(F)(F)F)c2c(F)cccc12)C(=O)NC1CC1. The lowest BCUT2D eigenvalue weighted by Gasteiger charge is -2.30. The van der Waals surface area contributed by atoms with Crippen LogP contribution in [0.25, 0.3) is 10.9 Å². The van der Waals surface area contributed by atoms with Gasteiger partial charge in [-0.25, -0.2) is 4.39 Å². The second-order valence-electron chi connectivity index (χ2n) is 9.34. The molecule has 1 aromatic heterocycles. The van der Waals surface area contributed by atoms with Crippen molar-refractivity contribution >= 4 is 22.7 Å². The molecule has 0 aliphatic heterocycles. The standard InChI is InChI=1S/C22H28F4N4O2/c1-21(2,3)18(20(32)27-13-9-10-13)28-19(31)16-14-7-6-8-15(23)17(14)30(29-16)12-5-4-11-22(24,25)26/h6-8,13,18H,4-5,9-12H2,1-3H3,(H,27,32)(H,28,31). The largest absolute Gasteiger partial charge is 0.389 e. The highest BCUT2D eigenvalue weighted by atomic mass is 19.4. The van der Waals surface area contributed by atoms with Crippen LogP contribution in [0.4, 0.5) is 17.6 Å². The average Bonchev–Trinajstić information content (AvgIpc) is 3.39. The zero-order valence-electron chi connectivity index (χ0n) is 18.4. The molecular weight excluding hydrogens is 428 g/mol. The maximum Gasteiger partial charge on any atom is 0.389 e. The fourth-order valence-electron chi connectivity index (χ4n) is 3.50. The summed E-state index contributed by atoms with van der Waals surface area (Å²) < 4.78 is 53.0. The maximum atomic E-state index is 14.5. The number of carbonyl (C=O) groups is 2. The molecule has 176 valence electrons. The van der Waals surface area contributed by atoms with Gasteiger partial charge in [0.2, 0.25) is 5.91 Å². The number of aryl methyl sites for hydroxylation is 1. The first-order chi connectivity index (χ1) is 14.9. The van der Waals surface area contributed by atoms with Gasteiger partial charge >= 0.3 is 6.18 Å². The van der Waals surface area contributed by atoms with Crippen molar-refractivity contribution in [3.05, 3.63) is 29.7 Å². The minimum absolute atomic E-state index is 0.0334. The van der Waals surface area contributed by atoms with Crippen LogP contribution >= 0.6 is 0 Å². The number of fused-ring (bicyclic) bond motifs is 1. The van der Waals surface area contributed by atoms with Crippen LogP contribution < -0.4 is 10.6 Å². The smallest absolute Gasteiger partial charge is 0.352 e. The van der Waals surface area contributed by atoms with Crippen molar-refractivity contribution in [1.82, 2.24) is 20.4 Å². The Kier molecular flexibility index (Phi) is 6.80. The summed E-state index contributed by atoms with van der Waals surface area (Å²) in [6, 6.07) is 3.46. The van der Waals surface area contributed by atoms with Crippen LogP contribution in [-0.4, -0.2) is 39.9 Å². The molecule has 1 aliphatic rings. The number of carbonyl (C=O) groups excluding carboxylic acids is 2. The molecule has 1 aromatic carbocycles. The Morgan fingerprint density at radius 2 is 1.88 bits per heavy atom. The van der Waals surface area contributed by atoms with Gasteiger partial charge in [0.15, 0.2) is 5.69 Å². The van der Waals surface area contributed by atoms with Gasteiger partial charge in [0.25, 0.3) is 5.91 Å². The molecule has 1 unspecified atom stereocenters. The zero-order chi connectivity index (χ0) is 23.7. The van der Waals surface area contributed by atoms with E-state index in [0.29, 0.717) is 0 Å². The summed E-state index contributed by atoms with van der Waals surface area (Å²) in [5.41, 5.74) is -0.598. The summed E-state index contributed by atoms with van der Waals surface area (Å²) in [6.45, 7) is 5.50. The van der Waals surface area contributed by atoms with E-state index >= 15 is 0 Å². The highest BCUT2D eigenvalue weighted by molar-refractivity contribution is 6.06. The number of benzene rings is 1. The first-order valence-electron chi connectivity index (χ1n) is 10.7. The molecule has 2 N–H and O–H groups in total. The van der Waals surface area contributed by atoms with Crippen molar-refractivity contribution in [1.29, 1.82) is 0 Å². The summed E-state index contributed by atoms with van der Waals surface area (Å²) in [5.74, 6) is -1.56. The number of aromatic nitrogens is 2. The van der Waals surface area contributed by atoms with E-state index < -0.39 is 35.8 Å². The minimum atomic E-state index is -4.26. The van der Waals surface area contributed by atoms with Crippen LogP contribution in [0, 0.1) is 11.2 Å². The monoisotopic (exact) mass is 456 g/mol. The van der Waals surface area contributed by atoms with Gasteiger partial charge in [0.1, 0.15) is 17.4 Å². The third kappa shape index (κ3) is 5.98. The van der Waals surface area contributed by atoms with E-state index in [0.717, 1.165) is 12.8 Å². The van der Waals surface area contributed by atoms with Crippen molar-refractivity contribution in [2.24, 2.45) is 5.41 Å². The van der Waals surface area contributed by atoms with Crippen molar-refractivity contribution in [3.63, 3.8) is 0 Å². The van der Waals surface area contributed by atoms with E-state index in [4.69, 9.17) is 0 Å². The van der Waals surface area contributed by atoms with E-state index in [-0.39, 0.29) is 47.9 Å². The molecule has 6 nitrogen and oxygen atoms in total. The fourth-order valence-corrected chi connectivity index (χ4v) is 3.50. The number of hydrogen-bond acceptors (Lipinski definition) is 3. The first kappa shape index (κ1) is 24.0. The number of rotatable bonds is 8. The van der Waals surface area contributed by atoms with Gasteiger partial charge in [-0.3, -0.25) is 14.3 Å². The zero-order valence-corrected chi connectivity index (χ0v) is 18.4. The molecule has 0 spiro atoms. The predicted octanol–water partition coefficient (Wildman–Crippen LogP) is 4.33. The normalized spacial score (nSPS) is 15.6. The number of halogens is 4. The Bertz CT molecular complexity index is 990. The number of nitrogens with zero attached hydrogens (tertiary/aromatic N) is 2. The Balaban J connectivity index is 1.82. The van der Waals surface area contributed by atoms with Crippen molar-refractivity contribution < 1.29 is 27.2 Å². The third-order valence-electron chi connectivity index (χ3n) is 5.34. The predicted molar refractivity (Wildman–Crippen MR) is 111 cm³/mol. The highest BCUT2D eigenvalue weighted by Crippen LogP contribution is 2.27. The summed E-state index contributed by atoms with van der Waals surface area (Å²) in [5, 5.41) is 10.1. The number of alkyl halides is 3. The molecule has 1 atom stereocenters. The number of nitrogens with one attached hydrogen (secondary N) is 2. The van der Waals surface area contributed by atoms with E-state index in [1.807, 2.05) is 20.8 Å². The van der Waals surface area contributed by atoms with Crippen LogP contribution in [0.2, 0.25) is 0 Å². The van der Waals surface area contributed by atoms with E-state index in [9.17, 15) is 27.2 Å². The number of para-hydroxylation sites is 1. The van der Waals surface area contributed by atoms with Crippen LogP contribution in [0.15, 0.2) is 18.2 Å². The van der Waals surface area contributed by atoms with Crippen molar-refractivity contribution in [2.75, 3.05) is 0 Å². The highest BCUT2D eigenvalue weighted by Gasteiger charge is 2.36. The molecule has 1 heterocycles. The van der Waals surface area contributed by atoms with Crippen LogP contribution in [-0.2, 0) is 11.3 Å². The molecule has 1 fully saturated rings. The Morgan fingerprint density at radius 3 is 2.47 bits per heavy atom. The summed E-state index contributed by atoms with van der Waals surface area (Å²) in [4.78, 5) is 25.8. The Morgan fingerprint density at radius 1 is 1.19 bits per heavy atom. The first-order valence-corrected chi connectivity index (χ1v) is 10.7. The van der Waals surface area contributed by atoms with Gasteiger partial charge in [-0.2, -0.15) is 18.3 Å². The van der Waals surface area contributed by atoms with Crippen LogP contribution in [0.1, 0.15) is 63.4 Å². The number of hydrogen-bond donors (Lipinski definition) is 2. The second kappa shape index (κ2) is 9.07. The van der Waals surface area contributed by atoms with Gasteiger partial charge in [-0.05, 0) is 37.2 Å². The molecule has 0 radical (unpaired) electrons. The van der Waals surface area contributed by atoms with Crippen LogP contribution in [0.3, 0.4) is 0 Å². The summed E-state index contributed by atoms with van der Waals surface area (Å²) in [7, 11) is 0. The minimum Gasteiger partial charge on any atom is -0.352 e. The van der Waals surface area contributed by atoms with Gasteiger partial charge in [0.05, 0.1) is 0 Å². The van der Waals surface area contributed by atoms with E-state index in [2.05, 4.69) is 15.7 Å². The van der Waals surface area contributed by atoms with Crippen molar-refractivity contribution in [3.8, 4) is 0 Å². The quantitative estimate of drug-likeness (QED) is 0.459. The Labute approximate surface area is 183 Å². The van der Waals surface area contributed by atoms with Gasteiger partial charge in [-0.1, -0.05) is 32.9 Å². The lowest BCUT2D eigenvalue weighted by Crippen LogP contribution is -2.54. The second-order valence-corrected chi connectivity index (χ2v) is 9.34. The lowest BCUT2D eigenvalue weighted by molar-refractivity contribution is -0.135. The summed E-state index contributed by atoms with van der Waals surface area (Å²) in [6.07, 6.45) is -3.40. The molecule has 1 saturated carbocycles. The molecule has 2 amide bonds. The summed E-state index contributed by atoms with van der Waals surface area (Å²) >= 11 is 0. The molecule has 1 aliphatic carbocycles. The molecule has 0 saturated heterocycles. The Hall–Kier alpha value is -2.65. The maximum absolute atomic E-state index is 14.5. The molecule has 32 heavy (non-hydrogen) atoms. The molecule has 3 rings (SSSR count). The van der Waals surface area contributed by atoms with Crippen LogP contribution in [0.5, 0.6) is 0 Å². The van der Waals surface area contributed by atoms with E-state index in [1.54, 1.807) is 0 Å². The number of unbranched alkanes of at least 4 members (excludes halogenated alkanes) is 1. The number of amides is 2. The van der Waals surface area contributed by atoms with Gasteiger partial charge in [0, 0.05) is 24.4 Å². The molecule has 10 heteroatoms. The molecule has 2 aromatic rings.